The second-order valence-corrected chi connectivity index (χ2v) is 8.53. The first-order valence-electron chi connectivity index (χ1n) is 8.75. The van der Waals surface area contributed by atoms with E-state index in [2.05, 4.69) is 0 Å². The fraction of sp³-hybridized carbons (Fsp3) is 0.500. The Labute approximate surface area is 169 Å². The molecule has 2 rings (SSSR count). The van der Waals surface area contributed by atoms with Crippen molar-refractivity contribution in [2.75, 3.05) is 25.6 Å². The van der Waals surface area contributed by atoms with E-state index in [1.807, 2.05) is 23.7 Å². The second-order valence-electron chi connectivity index (χ2n) is 6.88. The van der Waals surface area contributed by atoms with E-state index in [1.165, 1.54) is 6.92 Å². The summed E-state index contributed by atoms with van der Waals surface area (Å²) in [6, 6.07) is 6.87. The zero-order chi connectivity index (χ0) is 21.9. The Morgan fingerprint density at radius 1 is 1.21 bits per heavy atom. The molecular weight excluding hydrogens is 402 g/mol. The Kier molecular flexibility index (Phi) is 7.36. The molecule has 1 aliphatic heterocycles. The van der Waals surface area contributed by atoms with Crippen LogP contribution in [0.5, 0.6) is 0 Å². The molecule has 1 aromatic rings. The molecule has 1 unspecified atom stereocenters. The van der Waals surface area contributed by atoms with Gasteiger partial charge in [0.05, 0.1) is 6.61 Å². The molecule has 0 saturated carbocycles. The molecular formula is C18H25N3O7S. The Morgan fingerprint density at radius 2 is 1.79 bits per heavy atom. The van der Waals surface area contributed by atoms with Gasteiger partial charge in [0.2, 0.25) is 0 Å². The van der Waals surface area contributed by atoms with E-state index in [1.54, 1.807) is 30.3 Å². The van der Waals surface area contributed by atoms with Crippen molar-refractivity contribution < 1.29 is 33.6 Å². The number of ether oxygens (including phenoxy) is 1. The average molecular weight is 427 g/mol. The summed E-state index contributed by atoms with van der Waals surface area (Å²) >= 11 is 0. The van der Waals surface area contributed by atoms with E-state index in [9.17, 15) is 29.0 Å². The molecule has 5 N–H and O–H groups in total. The van der Waals surface area contributed by atoms with Crippen molar-refractivity contribution in [3.05, 3.63) is 34.7 Å². The first-order valence-corrected chi connectivity index (χ1v) is 10.2. The minimum Gasteiger partial charge on any atom is -0.394 e. The van der Waals surface area contributed by atoms with Gasteiger partial charge in [0, 0.05) is 19.8 Å². The summed E-state index contributed by atoms with van der Waals surface area (Å²) in [7, 11) is -0.770. The van der Waals surface area contributed by atoms with Crippen molar-refractivity contribution in [3.63, 3.8) is 0 Å². The zero-order valence-electron chi connectivity index (χ0n) is 16.2. The third-order valence-electron chi connectivity index (χ3n) is 4.72. The third kappa shape index (κ3) is 4.93. The predicted octanol–water partition coefficient (Wildman–Crippen LogP) is -1.27. The van der Waals surface area contributed by atoms with Crippen molar-refractivity contribution >= 4 is 21.3 Å². The molecule has 0 radical (unpaired) electrons. The maximum absolute atomic E-state index is 12.8. The van der Waals surface area contributed by atoms with Gasteiger partial charge in [0.1, 0.15) is 30.4 Å². The number of hydrogen-bond donors (Lipinski definition) is 5. The number of anilines is 1. The number of hydrogen-bond acceptors (Lipinski definition) is 9. The largest absolute Gasteiger partial charge is 0.394 e. The fourth-order valence-electron chi connectivity index (χ4n) is 2.95. The van der Waals surface area contributed by atoms with Crippen LogP contribution in [0.4, 0.5) is 5.69 Å². The lowest BCUT2D eigenvalue weighted by atomic mass is 9.98. The van der Waals surface area contributed by atoms with Crippen molar-refractivity contribution in [1.82, 2.24) is 4.72 Å². The number of aliphatic hydroxyl groups is 4. The molecule has 0 aromatic heterocycles. The van der Waals surface area contributed by atoms with Crippen LogP contribution in [0.15, 0.2) is 29.2 Å². The fourth-order valence-corrected chi connectivity index (χ4v) is 4.32. The van der Waals surface area contributed by atoms with E-state index in [4.69, 9.17) is 9.84 Å². The third-order valence-corrected chi connectivity index (χ3v) is 6.24. The summed E-state index contributed by atoms with van der Waals surface area (Å²) in [5.41, 5.74) is 1.55. The zero-order valence-corrected chi connectivity index (χ0v) is 17.0. The Hall–Kier alpha value is -2.04. The van der Waals surface area contributed by atoms with E-state index < -0.39 is 52.2 Å². The highest BCUT2D eigenvalue weighted by atomic mass is 32.2. The molecule has 1 aliphatic rings. The minimum absolute atomic E-state index is 0.166. The van der Waals surface area contributed by atoms with Crippen LogP contribution in [-0.4, -0.2) is 80.2 Å². The van der Waals surface area contributed by atoms with Crippen molar-refractivity contribution in [2.24, 2.45) is 0 Å². The molecule has 1 saturated heterocycles. The van der Waals surface area contributed by atoms with Crippen molar-refractivity contribution in [1.29, 1.82) is 5.26 Å². The van der Waals surface area contributed by atoms with Gasteiger partial charge >= 0.3 is 0 Å². The number of aliphatic hydroxyl groups excluding tert-OH is 4. The monoisotopic (exact) mass is 427 g/mol. The van der Waals surface area contributed by atoms with Crippen LogP contribution in [0, 0.1) is 11.3 Å². The number of benzene rings is 1. The average Bonchev–Trinajstić information content (AvgIpc) is 2.68. The smallest absolute Gasteiger partial charge is 0.251 e. The molecule has 11 heteroatoms. The standard InChI is InChI=1S/C18H25N3O7S/c1-10(11-4-6-12(7-5-11)21(2)3)14(8-19)29(26,27)20-15-17(24)16(23)13(9-22)28-18(15)25/h4-7,13,15-18,20,22-25H,9H2,1-3H3/b14-10+/t13-,15-,16-,17-,18?/m1/s1. The number of nitrogens with zero attached hydrogens (tertiary/aromatic N) is 2. The first kappa shape index (κ1) is 23.2. The Bertz CT molecular complexity index is 893. The van der Waals surface area contributed by atoms with Gasteiger partial charge < -0.3 is 30.1 Å². The maximum atomic E-state index is 12.8. The van der Waals surface area contributed by atoms with Gasteiger partial charge in [-0.25, -0.2) is 8.42 Å². The normalized spacial score (nSPS) is 28.4. The molecule has 10 nitrogen and oxygen atoms in total. The van der Waals surface area contributed by atoms with Crippen LogP contribution in [0.1, 0.15) is 12.5 Å². The number of rotatable bonds is 6. The topological polar surface area (TPSA) is 163 Å². The quantitative estimate of drug-likeness (QED) is 0.348. The van der Waals surface area contributed by atoms with Gasteiger partial charge in [-0.15, -0.1) is 0 Å². The Morgan fingerprint density at radius 3 is 2.28 bits per heavy atom. The van der Waals surface area contributed by atoms with Crippen LogP contribution in [0.3, 0.4) is 0 Å². The van der Waals surface area contributed by atoms with E-state index in [0.717, 1.165) is 5.69 Å². The van der Waals surface area contributed by atoms with Gasteiger partial charge in [-0.2, -0.15) is 9.98 Å². The lowest BCUT2D eigenvalue weighted by Gasteiger charge is -2.40. The molecule has 5 atom stereocenters. The number of allylic oxidation sites excluding steroid dienone is 2. The maximum Gasteiger partial charge on any atom is 0.251 e. The van der Waals surface area contributed by atoms with Crippen LogP contribution in [0.25, 0.3) is 5.57 Å². The van der Waals surface area contributed by atoms with Crippen molar-refractivity contribution in [3.8, 4) is 6.07 Å². The highest BCUT2D eigenvalue weighted by Crippen LogP contribution is 2.26. The van der Waals surface area contributed by atoms with Crippen LogP contribution < -0.4 is 9.62 Å². The Balaban J connectivity index is 2.34. The number of sulfonamides is 1. The lowest BCUT2D eigenvalue weighted by molar-refractivity contribution is -0.251. The summed E-state index contributed by atoms with van der Waals surface area (Å²) in [5, 5.41) is 48.6. The second kappa shape index (κ2) is 9.19. The summed E-state index contributed by atoms with van der Waals surface area (Å²) in [6.07, 6.45) is -6.50. The van der Waals surface area contributed by atoms with Crippen LogP contribution in [0.2, 0.25) is 0 Å². The lowest BCUT2D eigenvalue weighted by Crippen LogP contribution is -2.64. The van der Waals surface area contributed by atoms with E-state index in [0.29, 0.717) is 5.56 Å². The molecule has 1 heterocycles. The molecule has 0 bridgehead atoms. The molecule has 29 heavy (non-hydrogen) atoms. The molecule has 160 valence electrons. The summed E-state index contributed by atoms with van der Waals surface area (Å²) < 4.78 is 32.5. The SMILES string of the molecule is C/C(=C(/C#N)S(=O)(=O)N[C@H]1C(O)O[C@H](CO)[C@@H](O)[C@@H]1O)c1ccc(N(C)C)cc1. The summed E-state index contributed by atoms with van der Waals surface area (Å²) in [4.78, 5) is 1.26. The molecule has 0 spiro atoms. The van der Waals surface area contributed by atoms with Gasteiger partial charge in [0.25, 0.3) is 10.0 Å². The summed E-state index contributed by atoms with van der Waals surface area (Å²) in [5.74, 6) is 0. The molecule has 1 fully saturated rings. The van der Waals surface area contributed by atoms with Gasteiger partial charge in [0.15, 0.2) is 11.2 Å². The summed E-state index contributed by atoms with van der Waals surface area (Å²) in [6.45, 7) is 0.781. The van der Waals surface area contributed by atoms with E-state index >= 15 is 0 Å². The molecule has 1 aromatic carbocycles. The van der Waals surface area contributed by atoms with Crippen molar-refractivity contribution in [2.45, 2.75) is 37.6 Å². The predicted molar refractivity (Wildman–Crippen MR) is 105 cm³/mol. The minimum atomic E-state index is -4.47. The molecule has 0 aliphatic carbocycles. The van der Waals surface area contributed by atoms with Gasteiger partial charge in [-0.1, -0.05) is 12.1 Å². The van der Waals surface area contributed by atoms with Crippen LogP contribution >= 0.6 is 0 Å². The highest BCUT2D eigenvalue weighted by molar-refractivity contribution is 7.93. The van der Waals surface area contributed by atoms with Gasteiger partial charge in [-0.3, -0.25) is 0 Å². The number of nitriles is 1. The highest BCUT2D eigenvalue weighted by Gasteiger charge is 2.45. The first-order chi connectivity index (χ1) is 13.5. The van der Waals surface area contributed by atoms with E-state index in [-0.39, 0.29) is 5.57 Å². The molecule has 0 amide bonds. The number of nitrogens with one attached hydrogen (secondary N) is 1. The van der Waals surface area contributed by atoms with Gasteiger partial charge in [-0.05, 0) is 30.2 Å². The van der Waals surface area contributed by atoms with Crippen LogP contribution in [-0.2, 0) is 14.8 Å².